The van der Waals surface area contributed by atoms with E-state index >= 15 is 0 Å². The second-order valence-corrected chi connectivity index (χ2v) is 5.73. The predicted molar refractivity (Wildman–Crippen MR) is 103 cm³/mol. The van der Waals surface area contributed by atoms with E-state index in [1.54, 1.807) is 12.1 Å². The number of benzene rings is 2. The Labute approximate surface area is 149 Å². The zero-order valence-electron chi connectivity index (χ0n) is 14.9. The van der Waals surface area contributed by atoms with Crippen molar-refractivity contribution in [3.8, 4) is 0 Å². The molecule has 0 aliphatic carbocycles. The summed E-state index contributed by atoms with van der Waals surface area (Å²) in [4.78, 5) is 16.6. The smallest absolute Gasteiger partial charge is 0.251 e. The van der Waals surface area contributed by atoms with Gasteiger partial charge in [-0.15, -0.1) is 0 Å². The van der Waals surface area contributed by atoms with Gasteiger partial charge in [-0.25, -0.2) is 4.99 Å². The molecule has 132 valence electrons. The number of rotatable bonds is 7. The fourth-order valence-corrected chi connectivity index (χ4v) is 2.37. The van der Waals surface area contributed by atoms with Crippen molar-refractivity contribution < 1.29 is 4.79 Å². The van der Waals surface area contributed by atoms with Crippen LogP contribution < -0.4 is 16.0 Å². The van der Waals surface area contributed by atoms with Crippen LogP contribution in [0.25, 0.3) is 0 Å². The third-order valence-electron chi connectivity index (χ3n) is 3.59. The molecule has 0 heterocycles. The first-order valence-electron chi connectivity index (χ1n) is 8.60. The Morgan fingerprint density at radius 1 is 0.960 bits per heavy atom. The lowest BCUT2D eigenvalue weighted by Crippen LogP contribution is -2.41. The maximum Gasteiger partial charge on any atom is 0.251 e. The molecule has 25 heavy (non-hydrogen) atoms. The molecule has 0 aromatic heterocycles. The van der Waals surface area contributed by atoms with Gasteiger partial charge >= 0.3 is 0 Å². The number of hydrogen-bond acceptors (Lipinski definition) is 2. The van der Waals surface area contributed by atoms with E-state index in [9.17, 15) is 4.79 Å². The third kappa shape index (κ3) is 6.67. The Balaban J connectivity index is 1.79. The molecule has 0 radical (unpaired) electrons. The Kier molecular flexibility index (Phi) is 7.50. The van der Waals surface area contributed by atoms with Crippen LogP contribution in [0.5, 0.6) is 0 Å². The van der Waals surface area contributed by atoms with E-state index < -0.39 is 0 Å². The monoisotopic (exact) mass is 338 g/mol. The number of carbonyl (C=O) groups is 1. The van der Waals surface area contributed by atoms with Crippen LogP contribution in [-0.2, 0) is 6.54 Å². The van der Waals surface area contributed by atoms with E-state index in [0.717, 1.165) is 12.5 Å². The lowest BCUT2D eigenvalue weighted by atomic mass is 10.1. The summed E-state index contributed by atoms with van der Waals surface area (Å²) in [6.45, 7) is 6.65. The highest BCUT2D eigenvalue weighted by Gasteiger charge is 2.03. The summed E-state index contributed by atoms with van der Waals surface area (Å²) < 4.78 is 0. The van der Waals surface area contributed by atoms with Gasteiger partial charge in [-0.1, -0.05) is 48.0 Å². The highest BCUT2D eigenvalue weighted by atomic mass is 16.1. The fourth-order valence-electron chi connectivity index (χ4n) is 2.37. The molecule has 2 rings (SSSR count). The van der Waals surface area contributed by atoms with Gasteiger partial charge in [0.25, 0.3) is 5.91 Å². The van der Waals surface area contributed by atoms with Gasteiger partial charge in [-0.3, -0.25) is 4.79 Å². The van der Waals surface area contributed by atoms with Crippen molar-refractivity contribution in [3.05, 3.63) is 71.3 Å². The molecule has 0 saturated heterocycles. The van der Waals surface area contributed by atoms with Gasteiger partial charge < -0.3 is 16.0 Å². The Morgan fingerprint density at radius 3 is 2.44 bits per heavy atom. The van der Waals surface area contributed by atoms with Gasteiger partial charge in [-0.2, -0.15) is 0 Å². The third-order valence-corrected chi connectivity index (χ3v) is 3.59. The van der Waals surface area contributed by atoms with E-state index in [0.29, 0.717) is 25.2 Å². The molecule has 0 aliphatic rings. The van der Waals surface area contributed by atoms with E-state index in [1.165, 1.54) is 11.1 Å². The lowest BCUT2D eigenvalue weighted by Gasteiger charge is -2.12. The van der Waals surface area contributed by atoms with Gasteiger partial charge in [0.1, 0.15) is 0 Å². The molecule has 5 heteroatoms. The number of amides is 1. The highest BCUT2D eigenvalue weighted by molar-refractivity contribution is 5.94. The molecule has 0 bridgehead atoms. The summed E-state index contributed by atoms with van der Waals surface area (Å²) >= 11 is 0. The molecule has 0 aliphatic heterocycles. The molecule has 0 fully saturated rings. The first kappa shape index (κ1) is 18.5. The number of aliphatic imine (C=N–C) groups is 1. The van der Waals surface area contributed by atoms with Crippen molar-refractivity contribution in [1.82, 2.24) is 16.0 Å². The molecule has 0 spiro atoms. The average molecular weight is 338 g/mol. The highest BCUT2D eigenvalue weighted by Crippen LogP contribution is 2.04. The zero-order valence-corrected chi connectivity index (χ0v) is 14.9. The second-order valence-electron chi connectivity index (χ2n) is 5.73. The van der Waals surface area contributed by atoms with Crippen molar-refractivity contribution >= 4 is 11.9 Å². The van der Waals surface area contributed by atoms with Crippen LogP contribution in [0.4, 0.5) is 0 Å². The maximum absolute atomic E-state index is 12.0. The van der Waals surface area contributed by atoms with Crippen LogP contribution in [-0.4, -0.2) is 31.5 Å². The number of carbonyl (C=O) groups excluding carboxylic acids is 1. The van der Waals surface area contributed by atoms with Crippen LogP contribution in [0.15, 0.2) is 59.6 Å². The molecule has 3 N–H and O–H groups in total. The molecule has 1 amide bonds. The van der Waals surface area contributed by atoms with Gasteiger partial charge in [0.15, 0.2) is 5.96 Å². The number of nitrogens with zero attached hydrogens (tertiary/aromatic N) is 1. The Hall–Kier alpha value is -2.82. The van der Waals surface area contributed by atoms with Crippen LogP contribution in [0, 0.1) is 6.92 Å². The minimum Gasteiger partial charge on any atom is -0.357 e. The molecular weight excluding hydrogens is 312 g/mol. The summed E-state index contributed by atoms with van der Waals surface area (Å²) in [5.41, 5.74) is 3.08. The zero-order chi connectivity index (χ0) is 17.9. The summed E-state index contributed by atoms with van der Waals surface area (Å²) in [5, 5.41) is 9.34. The topological polar surface area (TPSA) is 65.5 Å². The van der Waals surface area contributed by atoms with Crippen molar-refractivity contribution in [1.29, 1.82) is 0 Å². The largest absolute Gasteiger partial charge is 0.357 e. The first-order valence-corrected chi connectivity index (χ1v) is 8.60. The van der Waals surface area contributed by atoms with Gasteiger partial charge in [0.05, 0.1) is 6.54 Å². The lowest BCUT2D eigenvalue weighted by molar-refractivity contribution is 0.0954. The normalized spacial score (nSPS) is 11.0. The van der Waals surface area contributed by atoms with Crippen molar-refractivity contribution in [3.63, 3.8) is 0 Å². The number of aryl methyl sites for hydroxylation is 1. The number of hydrogen-bond donors (Lipinski definition) is 3. The Morgan fingerprint density at radius 2 is 1.72 bits per heavy atom. The molecule has 0 saturated carbocycles. The van der Waals surface area contributed by atoms with Crippen LogP contribution in [0.1, 0.15) is 28.4 Å². The second kappa shape index (κ2) is 10.1. The molecule has 2 aromatic rings. The van der Waals surface area contributed by atoms with Gasteiger partial charge in [-0.05, 0) is 31.5 Å². The van der Waals surface area contributed by atoms with E-state index in [-0.39, 0.29) is 5.91 Å². The van der Waals surface area contributed by atoms with Crippen LogP contribution >= 0.6 is 0 Å². The minimum absolute atomic E-state index is 0.0656. The van der Waals surface area contributed by atoms with E-state index in [4.69, 9.17) is 0 Å². The van der Waals surface area contributed by atoms with E-state index in [2.05, 4.69) is 46.1 Å². The predicted octanol–water partition coefficient (Wildman–Crippen LogP) is 2.48. The quantitative estimate of drug-likeness (QED) is 0.413. The maximum atomic E-state index is 12.0. The molecule has 5 nitrogen and oxygen atoms in total. The van der Waals surface area contributed by atoms with Crippen molar-refractivity contribution in [2.24, 2.45) is 4.99 Å². The molecule has 2 aromatic carbocycles. The molecule has 0 unspecified atom stereocenters. The number of nitrogens with one attached hydrogen (secondary N) is 3. The van der Waals surface area contributed by atoms with Crippen LogP contribution in [0.2, 0.25) is 0 Å². The standard InChI is InChI=1S/C20H26N4O/c1-3-21-20(24-15-17-9-7-8-16(2)14-17)23-13-12-22-19(25)18-10-5-4-6-11-18/h4-11,14H,3,12-13,15H2,1-2H3,(H,22,25)(H2,21,23,24). The first-order chi connectivity index (χ1) is 12.2. The molecular formula is C20H26N4O. The average Bonchev–Trinajstić information content (AvgIpc) is 2.63. The molecule has 0 atom stereocenters. The van der Waals surface area contributed by atoms with Crippen LogP contribution in [0.3, 0.4) is 0 Å². The van der Waals surface area contributed by atoms with E-state index in [1.807, 2.05) is 31.2 Å². The van der Waals surface area contributed by atoms with Gasteiger partial charge in [0, 0.05) is 25.2 Å². The summed E-state index contributed by atoms with van der Waals surface area (Å²) in [6, 6.07) is 17.5. The van der Waals surface area contributed by atoms with Gasteiger partial charge in [0.2, 0.25) is 0 Å². The SMILES string of the molecule is CCNC(=NCc1cccc(C)c1)NCCNC(=O)c1ccccc1. The van der Waals surface area contributed by atoms with Crippen molar-refractivity contribution in [2.75, 3.05) is 19.6 Å². The number of guanidine groups is 1. The summed E-state index contributed by atoms with van der Waals surface area (Å²) in [6.07, 6.45) is 0. The van der Waals surface area contributed by atoms with Crippen molar-refractivity contribution in [2.45, 2.75) is 20.4 Å². The minimum atomic E-state index is -0.0656. The Bertz CT molecular complexity index is 698. The fraction of sp³-hybridized carbons (Fsp3) is 0.300. The summed E-state index contributed by atoms with van der Waals surface area (Å²) in [7, 11) is 0. The summed E-state index contributed by atoms with van der Waals surface area (Å²) in [5.74, 6) is 0.682.